The van der Waals surface area contributed by atoms with Crippen LogP contribution in [0.2, 0.25) is 0 Å². The minimum absolute atomic E-state index is 0.0712. The predicted octanol–water partition coefficient (Wildman–Crippen LogP) is 12.5. The number of nitrogens with zero attached hydrogens (tertiary/aromatic N) is 6. The first-order valence-electron chi connectivity index (χ1n) is 21.4. The highest BCUT2D eigenvalue weighted by molar-refractivity contribution is 14.1. The van der Waals surface area contributed by atoms with Gasteiger partial charge in [0.05, 0.1) is 22.1 Å². The van der Waals surface area contributed by atoms with E-state index < -0.39 is 23.0 Å². The Morgan fingerprint density at radius 1 is 0.625 bits per heavy atom. The van der Waals surface area contributed by atoms with Gasteiger partial charge in [0.25, 0.3) is 11.1 Å². The third-order valence-corrected chi connectivity index (χ3v) is 14.2. The van der Waals surface area contributed by atoms with Crippen molar-refractivity contribution >= 4 is 103 Å². The summed E-state index contributed by atoms with van der Waals surface area (Å²) < 4.78 is 47.8. The Labute approximate surface area is 408 Å². The molecule has 0 N–H and O–H groups in total. The second-order valence-corrected chi connectivity index (χ2v) is 21.8. The fourth-order valence-corrected chi connectivity index (χ4v) is 10.3. The van der Waals surface area contributed by atoms with Crippen molar-refractivity contribution < 1.29 is 18.3 Å². The van der Waals surface area contributed by atoms with Gasteiger partial charge in [-0.1, -0.05) is 65.1 Å². The standard InChI is InChI=1S/2C24H27FIN3O2S/c2*1-24(2,3)23-27-19-12-17(32-18-6-9-28(21(25)14-26)22(30)13-18)4-5-20(19)29(23)15-16-7-10-31-11-8-16/h2*4-6,9,12-14,16H,7-8,10-11,15H2,1-3H3/b21-14+;21-14-. The number of halogens is 4. The zero-order valence-corrected chi connectivity index (χ0v) is 42.9. The molecule has 6 aromatic rings. The molecular weight excluding hydrogens is 1080 g/mol. The quantitative estimate of drug-likeness (QED) is 0.125. The van der Waals surface area contributed by atoms with Gasteiger partial charge < -0.3 is 18.6 Å². The fraction of sp³-hybridized carbons (Fsp3) is 0.417. The summed E-state index contributed by atoms with van der Waals surface area (Å²) in [6, 6.07) is 19.0. The molecule has 2 aliphatic rings. The minimum Gasteiger partial charge on any atom is -0.381 e. The van der Waals surface area contributed by atoms with Gasteiger partial charge in [-0.05, 0) is 131 Å². The van der Waals surface area contributed by atoms with Crippen LogP contribution in [-0.2, 0) is 33.4 Å². The molecule has 0 unspecified atom stereocenters. The molecule has 340 valence electrons. The van der Waals surface area contributed by atoms with Crippen molar-refractivity contribution in [1.82, 2.24) is 28.2 Å². The molecule has 2 aliphatic heterocycles. The van der Waals surface area contributed by atoms with Crippen molar-refractivity contribution in [2.75, 3.05) is 26.4 Å². The molecule has 0 saturated carbocycles. The van der Waals surface area contributed by atoms with Crippen LogP contribution in [0.25, 0.3) is 34.0 Å². The summed E-state index contributed by atoms with van der Waals surface area (Å²) >= 11 is 6.52. The molecule has 2 fully saturated rings. The molecule has 6 heterocycles. The van der Waals surface area contributed by atoms with Crippen molar-refractivity contribution in [3.8, 4) is 0 Å². The lowest BCUT2D eigenvalue weighted by Crippen LogP contribution is -2.25. The fourth-order valence-electron chi connectivity index (χ4n) is 8.01. The molecule has 4 aromatic heterocycles. The zero-order valence-electron chi connectivity index (χ0n) is 37.0. The Morgan fingerprint density at radius 2 is 0.984 bits per heavy atom. The lowest BCUT2D eigenvalue weighted by Gasteiger charge is -2.26. The van der Waals surface area contributed by atoms with Gasteiger partial charge >= 0.3 is 0 Å². The van der Waals surface area contributed by atoms with E-state index in [2.05, 4.69) is 87.1 Å². The Kier molecular flexibility index (Phi) is 16.0. The number of benzene rings is 2. The maximum atomic E-state index is 13.8. The van der Waals surface area contributed by atoms with Gasteiger partial charge in [-0.25, -0.2) is 9.97 Å². The van der Waals surface area contributed by atoms with Crippen LogP contribution in [0.1, 0.15) is 78.9 Å². The summed E-state index contributed by atoms with van der Waals surface area (Å²) in [5, 5.41) is 0. The molecule has 2 saturated heterocycles. The molecule has 0 aliphatic carbocycles. The lowest BCUT2D eigenvalue weighted by molar-refractivity contribution is 0.0610. The van der Waals surface area contributed by atoms with Crippen LogP contribution in [0, 0.1) is 11.8 Å². The maximum absolute atomic E-state index is 13.8. The van der Waals surface area contributed by atoms with Crippen molar-refractivity contribution in [3.05, 3.63) is 114 Å². The summed E-state index contributed by atoms with van der Waals surface area (Å²) in [5.74, 6) is 2.20. The Bertz CT molecular complexity index is 2600. The van der Waals surface area contributed by atoms with E-state index in [-0.39, 0.29) is 10.8 Å². The van der Waals surface area contributed by atoms with E-state index in [1.807, 2.05) is 0 Å². The minimum atomic E-state index is -0.585. The molecule has 10 nitrogen and oxygen atoms in total. The van der Waals surface area contributed by atoms with E-state index in [1.165, 1.54) is 56.2 Å². The summed E-state index contributed by atoms with van der Waals surface area (Å²) in [4.78, 5) is 38.0. The normalized spacial score (nSPS) is 16.1. The molecule has 0 bridgehead atoms. The van der Waals surface area contributed by atoms with Crippen LogP contribution in [0.5, 0.6) is 0 Å². The lowest BCUT2D eigenvalue weighted by atomic mass is 9.94. The first-order chi connectivity index (χ1) is 30.5. The van der Waals surface area contributed by atoms with E-state index in [9.17, 15) is 18.4 Å². The van der Waals surface area contributed by atoms with Crippen LogP contribution in [-0.4, -0.2) is 54.7 Å². The Hall–Kier alpha value is -3.30. The molecule has 2 aromatic carbocycles. The molecule has 16 heteroatoms. The average Bonchev–Trinajstić information content (AvgIpc) is 3.82. The van der Waals surface area contributed by atoms with E-state index in [4.69, 9.17) is 19.4 Å². The highest BCUT2D eigenvalue weighted by Crippen LogP contribution is 2.35. The van der Waals surface area contributed by atoms with Gasteiger partial charge in [0.15, 0.2) is 0 Å². The number of imidazole rings is 2. The van der Waals surface area contributed by atoms with E-state index in [0.29, 0.717) is 11.8 Å². The highest BCUT2D eigenvalue weighted by Gasteiger charge is 2.27. The van der Waals surface area contributed by atoms with Gasteiger partial charge in [-0.3, -0.25) is 18.7 Å². The Balaban J connectivity index is 0.000000191. The molecular formula is C48H54F2I2N6O4S2. The largest absolute Gasteiger partial charge is 0.381 e. The molecule has 0 atom stereocenters. The molecule has 0 radical (unpaired) electrons. The topological polar surface area (TPSA) is 98.1 Å². The van der Waals surface area contributed by atoms with E-state index in [1.54, 1.807) is 57.3 Å². The number of hydrogen-bond acceptors (Lipinski definition) is 8. The van der Waals surface area contributed by atoms with Crippen molar-refractivity contribution in [2.24, 2.45) is 11.8 Å². The number of rotatable bonds is 10. The number of ether oxygens (including phenoxy) is 2. The van der Waals surface area contributed by atoms with Crippen LogP contribution in [0.15, 0.2) is 110 Å². The third kappa shape index (κ3) is 11.8. The van der Waals surface area contributed by atoms with Crippen molar-refractivity contribution in [2.45, 2.75) is 111 Å². The predicted molar refractivity (Wildman–Crippen MR) is 272 cm³/mol. The average molecular weight is 1130 g/mol. The van der Waals surface area contributed by atoms with Crippen LogP contribution in [0.3, 0.4) is 0 Å². The SMILES string of the molecule is CC(C)(C)c1nc2cc(Sc3ccn(/C(F)=C/I)c(=O)c3)ccc2n1CC1CCOCC1.CC(C)(C)c1nc2cc(Sc3ccn(/C(F)=C\I)c(=O)c3)ccc2n1CC1CCOCC1. The zero-order chi connectivity index (χ0) is 45.8. The van der Waals surface area contributed by atoms with Crippen LogP contribution >= 0.6 is 68.7 Å². The van der Waals surface area contributed by atoms with Crippen LogP contribution in [0.4, 0.5) is 8.78 Å². The smallest absolute Gasteiger partial charge is 0.257 e. The van der Waals surface area contributed by atoms with Gasteiger partial charge in [0, 0.05) is 103 Å². The van der Waals surface area contributed by atoms with Crippen molar-refractivity contribution in [3.63, 3.8) is 0 Å². The summed E-state index contributed by atoms with van der Waals surface area (Å²) in [6.07, 6.45) is 7.25. The van der Waals surface area contributed by atoms with Crippen molar-refractivity contribution in [1.29, 1.82) is 0 Å². The van der Waals surface area contributed by atoms with Gasteiger partial charge in [-0.2, -0.15) is 8.78 Å². The molecule has 0 spiro atoms. The highest BCUT2D eigenvalue weighted by atomic mass is 127. The molecule has 0 amide bonds. The summed E-state index contributed by atoms with van der Waals surface area (Å²) in [5.41, 5.74) is 3.26. The van der Waals surface area contributed by atoms with Gasteiger partial charge in [0.2, 0.25) is 11.9 Å². The second-order valence-electron chi connectivity index (χ2n) is 18.2. The molecule has 64 heavy (non-hydrogen) atoms. The van der Waals surface area contributed by atoms with E-state index >= 15 is 0 Å². The summed E-state index contributed by atoms with van der Waals surface area (Å²) in [6.45, 7) is 18.4. The van der Waals surface area contributed by atoms with Crippen LogP contribution < -0.4 is 11.1 Å². The molecule has 8 rings (SSSR count). The number of hydrogen-bond donors (Lipinski definition) is 0. The maximum Gasteiger partial charge on any atom is 0.257 e. The van der Waals surface area contributed by atoms with E-state index in [0.717, 1.165) is 128 Å². The second kappa shape index (κ2) is 21.1. The number of aromatic nitrogens is 6. The first kappa shape index (κ1) is 48.6. The Morgan fingerprint density at radius 3 is 1.31 bits per heavy atom. The first-order valence-corrected chi connectivity index (χ1v) is 25.6. The van der Waals surface area contributed by atoms with Gasteiger partial charge in [-0.15, -0.1) is 0 Å². The third-order valence-electron chi connectivity index (χ3n) is 11.2. The van der Waals surface area contributed by atoms with Gasteiger partial charge in [0.1, 0.15) is 11.6 Å². The summed E-state index contributed by atoms with van der Waals surface area (Å²) in [7, 11) is 0. The number of pyridine rings is 2. The number of fused-ring (bicyclic) bond motifs is 2. The monoisotopic (exact) mass is 1130 g/mol.